The molecule has 20 heavy (non-hydrogen) atoms. The number of sulfone groups is 1. The Bertz CT molecular complexity index is 588. The van der Waals surface area contributed by atoms with Crippen LogP contribution in [0.15, 0.2) is 24.3 Å². The Labute approximate surface area is 121 Å². The zero-order chi connectivity index (χ0) is 15.0. The third-order valence-electron chi connectivity index (χ3n) is 2.47. The monoisotopic (exact) mass is 315 g/mol. The molecule has 0 aliphatic rings. The van der Waals surface area contributed by atoms with Crippen LogP contribution >= 0.6 is 0 Å². The average molecular weight is 315 g/mol. The summed E-state index contributed by atoms with van der Waals surface area (Å²) >= 11 is 0. The molecular formula is C13H17NO4S2. The molecule has 1 atom stereocenters. The molecule has 0 saturated heterocycles. The summed E-state index contributed by atoms with van der Waals surface area (Å²) in [6.07, 6.45) is 1.49. The number of hydrogen-bond acceptors (Lipinski definition) is 5. The summed E-state index contributed by atoms with van der Waals surface area (Å²) in [5, 5.41) is 8.54. The predicted molar refractivity (Wildman–Crippen MR) is 78.8 cm³/mol. The third-order valence-corrected chi connectivity index (χ3v) is 4.95. The van der Waals surface area contributed by atoms with Gasteiger partial charge in [-0.25, -0.2) is 8.42 Å². The highest BCUT2D eigenvalue weighted by molar-refractivity contribution is 7.92. The van der Waals surface area contributed by atoms with Crippen molar-refractivity contribution in [2.75, 3.05) is 30.1 Å². The maximum absolute atomic E-state index is 11.5. The van der Waals surface area contributed by atoms with Gasteiger partial charge < -0.3 is 4.74 Å². The zero-order valence-corrected chi connectivity index (χ0v) is 12.9. The fourth-order valence-corrected chi connectivity index (χ4v) is 3.82. The molecule has 1 aromatic rings. The smallest absolute Gasteiger partial charge is 0.148 e. The van der Waals surface area contributed by atoms with E-state index in [1.54, 1.807) is 24.3 Å². The molecule has 7 heteroatoms. The lowest BCUT2D eigenvalue weighted by Gasteiger charge is -2.06. The lowest BCUT2D eigenvalue weighted by Crippen LogP contribution is -2.16. The molecule has 110 valence electrons. The second-order valence-corrected chi connectivity index (χ2v) is 8.26. The molecule has 1 aromatic carbocycles. The van der Waals surface area contributed by atoms with Crippen molar-refractivity contribution in [1.82, 2.24) is 0 Å². The molecule has 5 nitrogen and oxygen atoms in total. The highest BCUT2D eigenvalue weighted by Crippen LogP contribution is 2.12. The molecule has 0 heterocycles. The minimum atomic E-state index is -3.07. The largest absolute Gasteiger partial charge is 0.493 e. The quantitative estimate of drug-likeness (QED) is 0.712. The van der Waals surface area contributed by atoms with Crippen molar-refractivity contribution >= 4 is 20.6 Å². The molecule has 0 aliphatic carbocycles. The van der Waals surface area contributed by atoms with Crippen LogP contribution in [0.2, 0.25) is 0 Å². The minimum Gasteiger partial charge on any atom is -0.493 e. The molecule has 1 rings (SSSR count). The highest BCUT2D eigenvalue weighted by Gasteiger charge is 2.07. The van der Waals surface area contributed by atoms with Crippen LogP contribution in [0.25, 0.3) is 0 Å². The fraction of sp³-hybridized carbons (Fsp3) is 0.462. The molecule has 0 radical (unpaired) electrons. The fourth-order valence-electron chi connectivity index (χ4n) is 1.39. The lowest BCUT2D eigenvalue weighted by molar-refractivity contribution is 0.342. The normalized spacial score (nSPS) is 12.6. The van der Waals surface area contributed by atoms with Crippen LogP contribution in [0.3, 0.4) is 0 Å². The first-order valence-electron chi connectivity index (χ1n) is 6.02. The van der Waals surface area contributed by atoms with Crippen molar-refractivity contribution in [2.45, 2.75) is 6.42 Å². The summed E-state index contributed by atoms with van der Waals surface area (Å²) in [4.78, 5) is 0. The van der Waals surface area contributed by atoms with Crippen LogP contribution in [0.1, 0.15) is 5.56 Å². The Morgan fingerprint density at radius 2 is 1.90 bits per heavy atom. The van der Waals surface area contributed by atoms with Gasteiger partial charge in [0.1, 0.15) is 15.6 Å². The van der Waals surface area contributed by atoms with Crippen LogP contribution in [0.4, 0.5) is 0 Å². The van der Waals surface area contributed by atoms with E-state index in [9.17, 15) is 12.6 Å². The Morgan fingerprint density at radius 1 is 1.25 bits per heavy atom. The van der Waals surface area contributed by atoms with Gasteiger partial charge >= 0.3 is 0 Å². The van der Waals surface area contributed by atoms with Crippen molar-refractivity contribution in [1.29, 1.82) is 5.26 Å². The van der Waals surface area contributed by atoms with Gasteiger partial charge in [-0.15, -0.1) is 0 Å². The Balaban J connectivity index is 2.30. The number of nitrogens with zero attached hydrogens (tertiary/aromatic N) is 1. The van der Waals surface area contributed by atoms with Crippen LogP contribution in [-0.2, 0) is 27.1 Å². The van der Waals surface area contributed by atoms with Crippen LogP contribution in [-0.4, -0.2) is 42.7 Å². The van der Waals surface area contributed by atoms with Gasteiger partial charge in [0.2, 0.25) is 0 Å². The number of nitriles is 1. The van der Waals surface area contributed by atoms with Gasteiger partial charge in [0.25, 0.3) is 0 Å². The van der Waals surface area contributed by atoms with E-state index in [4.69, 9.17) is 10.00 Å². The Hall–Kier alpha value is -1.39. The second-order valence-electron chi connectivity index (χ2n) is 4.31. The van der Waals surface area contributed by atoms with Crippen molar-refractivity contribution in [3.63, 3.8) is 0 Å². The van der Waals surface area contributed by atoms with E-state index >= 15 is 0 Å². The molecule has 0 saturated carbocycles. The van der Waals surface area contributed by atoms with E-state index in [0.29, 0.717) is 17.9 Å². The maximum Gasteiger partial charge on any atom is 0.148 e. The molecule has 0 N–H and O–H groups in total. The van der Waals surface area contributed by atoms with Gasteiger partial charge in [0, 0.05) is 22.8 Å². The van der Waals surface area contributed by atoms with E-state index in [0.717, 1.165) is 11.8 Å². The van der Waals surface area contributed by atoms with E-state index in [1.807, 2.05) is 0 Å². The standard InChI is InChI=1S/C13H17NO4S2/c1-20(16,17)11-10-19(15)9-8-18-13-4-2-12(3-5-13)6-7-14/h2-5H,6,8-11H2,1H3. The first-order chi connectivity index (χ1) is 9.40. The highest BCUT2D eigenvalue weighted by atomic mass is 32.2. The first-order valence-corrected chi connectivity index (χ1v) is 9.57. The number of hydrogen-bond donors (Lipinski definition) is 0. The van der Waals surface area contributed by atoms with Crippen LogP contribution < -0.4 is 4.74 Å². The molecule has 0 fully saturated rings. The van der Waals surface area contributed by atoms with Crippen molar-refractivity contribution < 1.29 is 17.4 Å². The molecule has 1 unspecified atom stereocenters. The minimum absolute atomic E-state index is 0.0670. The van der Waals surface area contributed by atoms with Gasteiger partial charge in [-0.05, 0) is 17.7 Å². The Kier molecular flexibility index (Phi) is 6.68. The summed E-state index contributed by atoms with van der Waals surface area (Å²) in [7, 11) is -4.26. The van der Waals surface area contributed by atoms with E-state index in [1.165, 1.54) is 0 Å². The zero-order valence-electron chi connectivity index (χ0n) is 11.2. The molecule has 0 aromatic heterocycles. The van der Waals surface area contributed by atoms with Crippen molar-refractivity contribution in [3.8, 4) is 11.8 Å². The van der Waals surface area contributed by atoms with Crippen LogP contribution in [0, 0.1) is 11.3 Å². The summed E-state index contributed by atoms with van der Waals surface area (Å²) in [6, 6.07) is 9.18. The van der Waals surface area contributed by atoms with Crippen molar-refractivity contribution in [3.05, 3.63) is 29.8 Å². The van der Waals surface area contributed by atoms with E-state index in [2.05, 4.69) is 6.07 Å². The van der Waals surface area contributed by atoms with Gasteiger partial charge in [-0.2, -0.15) is 5.26 Å². The third kappa shape index (κ3) is 7.26. The molecule has 0 spiro atoms. The van der Waals surface area contributed by atoms with Crippen LogP contribution in [0.5, 0.6) is 5.75 Å². The summed E-state index contributed by atoms with van der Waals surface area (Å²) in [6.45, 7) is 0.272. The van der Waals surface area contributed by atoms with Crippen molar-refractivity contribution in [2.24, 2.45) is 0 Å². The maximum atomic E-state index is 11.5. The summed E-state index contributed by atoms with van der Waals surface area (Å²) in [5.74, 6) is 1.02. The van der Waals surface area contributed by atoms with E-state index in [-0.39, 0.29) is 18.1 Å². The molecular weight excluding hydrogens is 298 g/mol. The number of rotatable bonds is 8. The summed E-state index contributed by atoms with van der Waals surface area (Å²) in [5.41, 5.74) is 0.913. The Morgan fingerprint density at radius 3 is 2.45 bits per heavy atom. The predicted octanol–water partition coefficient (Wildman–Crippen LogP) is 0.925. The molecule has 0 aliphatic heterocycles. The van der Waals surface area contributed by atoms with Gasteiger partial charge in [-0.3, -0.25) is 4.21 Å². The average Bonchev–Trinajstić information content (AvgIpc) is 2.38. The van der Waals surface area contributed by atoms with Gasteiger partial charge in [-0.1, -0.05) is 12.1 Å². The second kappa shape index (κ2) is 8.02. The van der Waals surface area contributed by atoms with E-state index < -0.39 is 20.6 Å². The number of ether oxygens (including phenoxy) is 1. The molecule has 0 amide bonds. The SMILES string of the molecule is CS(=O)(=O)CCS(=O)CCOc1ccc(CC#N)cc1. The van der Waals surface area contributed by atoms with Gasteiger partial charge in [0.05, 0.1) is 30.6 Å². The van der Waals surface area contributed by atoms with Gasteiger partial charge in [0.15, 0.2) is 0 Å². The molecule has 0 bridgehead atoms. The topological polar surface area (TPSA) is 84.2 Å². The first kappa shape index (κ1) is 16.7. The summed E-state index contributed by atoms with van der Waals surface area (Å²) < 4.78 is 38.8. The lowest BCUT2D eigenvalue weighted by atomic mass is 10.2. The number of benzene rings is 1.